The summed E-state index contributed by atoms with van der Waals surface area (Å²) in [4.78, 5) is 9.11. The first kappa shape index (κ1) is 38.6. The fourth-order valence-electron chi connectivity index (χ4n) is 7.44. The molecule has 0 unspecified atom stereocenters. The van der Waals surface area contributed by atoms with Gasteiger partial charge in [0.25, 0.3) is 0 Å². The Bertz CT molecular complexity index is 2900. The van der Waals surface area contributed by atoms with E-state index in [1.54, 1.807) is 0 Å². The molecule has 0 amide bonds. The van der Waals surface area contributed by atoms with Crippen LogP contribution < -0.4 is 0 Å². The summed E-state index contributed by atoms with van der Waals surface area (Å²) >= 11 is 7.02. The van der Waals surface area contributed by atoms with Gasteiger partial charge in [-0.25, -0.2) is 0 Å². The number of fused-ring (bicyclic) bond motifs is 4. The number of aromatic nitrogens is 2. The summed E-state index contributed by atoms with van der Waals surface area (Å²) in [5, 5.41) is 9.94. The van der Waals surface area contributed by atoms with Gasteiger partial charge in [-0.1, -0.05) is 158 Å². The van der Waals surface area contributed by atoms with Crippen LogP contribution in [0.15, 0.2) is 209 Å². The third-order valence-electron chi connectivity index (χ3n) is 9.91. The van der Waals surface area contributed by atoms with E-state index in [9.17, 15) is 4.39 Å². The van der Waals surface area contributed by atoms with Crippen LogP contribution in [0.4, 0.5) is 4.39 Å². The Kier molecular flexibility index (Phi) is 12.8. The first-order valence-electron chi connectivity index (χ1n) is 19.2. The zero-order valence-corrected chi connectivity index (χ0v) is 33.9. The average molecular weight is 835 g/mol. The number of pyridine rings is 2. The topological polar surface area (TPSA) is 38.1 Å². The Hall–Kier alpha value is -6.28. The number of thiol groups is 1. The molecule has 0 fully saturated rings. The maximum absolute atomic E-state index is 9.96. The minimum atomic E-state index is -1.00. The van der Waals surface area contributed by atoms with Crippen LogP contribution in [0.2, 0.25) is 0 Å². The summed E-state index contributed by atoms with van der Waals surface area (Å²) in [5.41, 5.74) is 9.41. The van der Waals surface area contributed by atoms with E-state index in [1.165, 1.54) is 65.3 Å². The van der Waals surface area contributed by atoms with Crippen molar-refractivity contribution >= 4 is 79.5 Å². The second-order valence-electron chi connectivity index (χ2n) is 13.2. The van der Waals surface area contributed by atoms with Crippen molar-refractivity contribution in [1.29, 1.82) is 0 Å². The fraction of sp³-hybridized carbons (Fsp3) is 0.0196. The molecule has 0 bridgehead atoms. The first-order chi connectivity index (χ1) is 29.1. The molecule has 3 nitrogen and oxygen atoms in total. The number of halogens is 2. The summed E-state index contributed by atoms with van der Waals surface area (Å²) in [7, 11) is 3.34. The predicted molar refractivity (Wildman–Crippen MR) is 252 cm³/mol. The van der Waals surface area contributed by atoms with Gasteiger partial charge in [0.1, 0.15) is 0 Å². The monoisotopic (exact) mass is 833 g/mol. The van der Waals surface area contributed by atoms with Crippen LogP contribution in [0, 0.1) is 0 Å². The average Bonchev–Trinajstić information content (AvgIpc) is 3.30. The maximum Gasteiger partial charge on any atom is 0.0347 e. The van der Waals surface area contributed by atoms with E-state index in [4.69, 9.17) is 1.37 Å². The predicted octanol–water partition coefficient (Wildman–Crippen LogP) is 15.0. The molecule has 0 saturated carbocycles. The number of benzene rings is 8. The van der Waals surface area contributed by atoms with Gasteiger partial charge in [-0.05, 0) is 99.5 Å². The van der Waals surface area contributed by atoms with E-state index in [1.807, 2.05) is 36.9 Å². The van der Waals surface area contributed by atoms with Crippen molar-refractivity contribution in [2.45, 2.75) is 0 Å². The molecule has 279 valence electrons. The van der Waals surface area contributed by atoms with Crippen molar-refractivity contribution in [2.75, 3.05) is 7.15 Å². The number of alkyl halides is 1. The maximum atomic E-state index is 9.96. The molecule has 1 radical (unpaired) electrons. The van der Waals surface area contributed by atoms with Crippen molar-refractivity contribution in [3.8, 4) is 44.5 Å². The minimum Gasteiger partial charge on any atom is -0.263 e. The number of hydrogen-bond acceptors (Lipinski definition) is 4. The largest absolute Gasteiger partial charge is 0.263 e. The zero-order chi connectivity index (χ0) is 41.0. The molecule has 0 atom stereocenters. The summed E-state index contributed by atoms with van der Waals surface area (Å²) in [5.74, 6) is 0. The molecule has 2 heterocycles. The molecule has 0 aliphatic heterocycles. The van der Waals surface area contributed by atoms with Crippen molar-refractivity contribution in [2.24, 2.45) is 4.30 Å². The molecule has 8 aromatic carbocycles. The van der Waals surface area contributed by atoms with Crippen LogP contribution in [0.25, 0.3) is 87.6 Å². The van der Waals surface area contributed by atoms with E-state index in [0.717, 1.165) is 26.7 Å². The van der Waals surface area contributed by atoms with Crippen LogP contribution in [0.5, 0.6) is 0 Å². The third kappa shape index (κ3) is 8.52. The van der Waals surface area contributed by atoms with E-state index >= 15 is 0 Å². The molecule has 7 heteroatoms. The van der Waals surface area contributed by atoms with Gasteiger partial charge in [-0.15, -0.1) is 0 Å². The number of hydrogen-bond donors (Lipinski definition) is 1. The number of nitrogens with zero attached hydrogens (tertiary/aromatic N) is 3. The van der Waals surface area contributed by atoms with E-state index < -0.39 is 7.15 Å². The molecule has 0 N–H and O–H groups in total. The molecular formula is C51H37BBrFN3S. The van der Waals surface area contributed by atoms with E-state index in [0.29, 0.717) is 0 Å². The molecular weight excluding hydrogens is 796 g/mol. The van der Waals surface area contributed by atoms with Gasteiger partial charge < -0.3 is 0 Å². The first-order valence-corrected chi connectivity index (χ1v) is 19.7. The van der Waals surface area contributed by atoms with E-state index in [2.05, 4.69) is 214 Å². The zero-order valence-electron chi connectivity index (χ0n) is 32.4. The van der Waals surface area contributed by atoms with E-state index in [-0.39, 0.29) is 0 Å². The second kappa shape index (κ2) is 19.2. The van der Waals surface area contributed by atoms with Gasteiger partial charge in [-0.2, -0.15) is 0 Å². The summed E-state index contributed by atoms with van der Waals surface area (Å²) in [6.45, 7) is 0. The summed E-state index contributed by atoms with van der Waals surface area (Å²) in [6, 6.07) is 61.9. The van der Waals surface area contributed by atoms with Gasteiger partial charge in [0.15, 0.2) is 0 Å². The van der Waals surface area contributed by atoms with Crippen molar-refractivity contribution < 1.29 is 5.76 Å². The van der Waals surface area contributed by atoms with Gasteiger partial charge in [0.2, 0.25) is 0 Å². The molecule has 2 aromatic heterocycles. The molecule has 0 aliphatic rings. The fourth-order valence-corrected chi connectivity index (χ4v) is 8.13. The van der Waals surface area contributed by atoms with Crippen LogP contribution >= 0.6 is 28.7 Å². The molecule has 10 rings (SSSR count). The Balaban J connectivity index is 0.000000158. The standard InChI is InChI=1S/C25H16BrN.C25H17N.CH3F.BHNS/c26-25-22-12-6-4-10-20(22)24(21-11-5-7-13-23(21)25)19-14-18(15-27-16-19)17-8-2-1-3-9-17;1-2-8-18(9-3-1)21-15-22(17-26-16-21)25-23-12-6-4-10-19(23)14-20-11-5-7-13-24(20)25;1-2;1-2-3/h1-16H;1-17H;1H3;3H/i;;1D;. The quantitative estimate of drug-likeness (QED) is 0.109. The normalized spacial score (nSPS) is 10.7. The Labute approximate surface area is 354 Å². The van der Waals surface area contributed by atoms with Crippen LogP contribution in [0.1, 0.15) is 1.37 Å². The Morgan fingerprint density at radius 2 is 0.776 bits per heavy atom. The molecule has 10 aromatic rings. The van der Waals surface area contributed by atoms with Gasteiger partial charge in [0.05, 0.1) is 8.52 Å². The summed E-state index contributed by atoms with van der Waals surface area (Å²) < 4.78 is 19.3. The molecule has 0 spiro atoms. The number of rotatable bonds is 4. The minimum absolute atomic E-state index is 1.00. The van der Waals surface area contributed by atoms with Crippen molar-refractivity contribution in [3.05, 3.63) is 205 Å². The van der Waals surface area contributed by atoms with Gasteiger partial charge in [0, 0.05) is 51.5 Å². The molecule has 58 heavy (non-hydrogen) atoms. The van der Waals surface area contributed by atoms with Crippen LogP contribution in [-0.2, 0) is 0 Å². The second-order valence-corrected chi connectivity index (χ2v) is 14.3. The van der Waals surface area contributed by atoms with Gasteiger partial charge in [-0.3, -0.25) is 14.4 Å². The van der Waals surface area contributed by atoms with Crippen LogP contribution in [-0.4, -0.2) is 24.8 Å². The van der Waals surface area contributed by atoms with Crippen molar-refractivity contribution in [3.63, 3.8) is 0 Å². The molecule has 0 saturated heterocycles. The Morgan fingerprint density at radius 1 is 0.466 bits per heavy atom. The Morgan fingerprint density at radius 3 is 1.19 bits per heavy atom. The van der Waals surface area contributed by atoms with Crippen LogP contribution in [0.3, 0.4) is 0 Å². The molecule has 0 aliphatic carbocycles. The SMILES string of the molecule is Brc1c2ccccc2c(-c2cncc(-c3ccccc3)c2)c2ccccc12.[2H]CF.[B]=NS.c1ccc(-c2cncc(-c3c4ccccc4cc4ccccc34)c2)cc1. The van der Waals surface area contributed by atoms with Crippen molar-refractivity contribution in [1.82, 2.24) is 9.97 Å². The van der Waals surface area contributed by atoms with Gasteiger partial charge >= 0.3 is 24.8 Å². The third-order valence-corrected chi connectivity index (χ3v) is 10.8. The summed E-state index contributed by atoms with van der Waals surface area (Å²) in [6.07, 6.45) is 7.81. The smallest absolute Gasteiger partial charge is 0.0347 e.